The van der Waals surface area contributed by atoms with Crippen LogP contribution in [0.3, 0.4) is 0 Å². The maximum atomic E-state index is 13.9. The van der Waals surface area contributed by atoms with Crippen LogP contribution in [0.15, 0.2) is 60.8 Å². The number of fused-ring (bicyclic) bond motifs is 1. The van der Waals surface area contributed by atoms with Gasteiger partial charge in [-0.1, -0.05) is 36.4 Å². The van der Waals surface area contributed by atoms with E-state index < -0.39 is 17.7 Å². The predicted octanol–water partition coefficient (Wildman–Crippen LogP) is 4.13. The molecule has 4 rings (SSSR count). The minimum absolute atomic E-state index is 0.200. The average Bonchev–Trinajstić information content (AvgIpc) is 3.19. The van der Waals surface area contributed by atoms with Crippen molar-refractivity contribution in [1.29, 1.82) is 0 Å². The van der Waals surface area contributed by atoms with Crippen molar-refractivity contribution in [3.63, 3.8) is 0 Å². The summed E-state index contributed by atoms with van der Waals surface area (Å²) in [6.07, 6.45) is 1.14. The molecule has 1 aliphatic heterocycles. The quantitative estimate of drug-likeness (QED) is 0.624. The van der Waals surface area contributed by atoms with Crippen LogP contribution in [0, 0.1) is 0 Å². The molecule has 170 valence electrons. The van der Waals surface area contributed by atoms with Gasteiger partial charge in [-0.2, -0.15) is 0 Å². The molecule has 33 heavy (non-hydrogen) atoms. The number of nitrogen functional groups attached to an aromatic ring is 1. The molecule has 2 aromatic carbocycles. The van der Waals surface area contributed by atoms with Crippen molar-refractivity contribution in [2.75, 3.05) is 17.2 Å². The number of carboxylic acid groups (broad SMARTS) is 1. The summed E-state index contributed by atoms with van der Waals surface area (Å²) in [5.41, 5.74) is 8.97. The monoisotopic (exact) mass is 445 g/mol. The van der Waals surface area contributed by atoms with Crippen molar-refractivity contribution in [2.24, 2.45) is 0 Å². The number of carbonyl (C=O) groups excluding carboxylic acids is 1. The van der Waals surface area contributed by atoms with E-state index in [0.29, 0.717) is 24.2 Å². The molecule has 0 saturated carbocycles. The third-order valence-electron chi connectivity index (χ3n) is 5.75. The molecule has 0 unspecified atom stereocenters. The van der Waals surface area contributed by atoms with Gasteiger partial charge in [0, 0.05) is 29.5 Å². The minimum Gasteiger partial charge on any atom is -0.465 e. The molecule has 3 aromatic rings. The van der Waals surface area contributed by atoms with E-state index in [1.54, 1.807) is 50.1 Å². The van der Waals surface area contributed by atoms with Gasteiger partial charge in [-0.15, -0.1) is 0 Å². The molecule has 2 amide bonds. The molecule has 0 bridgehead atoms. The number of hydrogen-bond donors (Lipinski definition) is 2. The Morgan fingerprint density at radius 2 is 1.85 bits per heavy atom. The summed E-state index contributed by atoms with van der Waals surface area (Å²) in [5, 5.41) is 10.0. The van der Waals surface area contributed by atoms with Crippen molar-refractivity contribution in [1.82, 2.24) is 14.9 Å². The second-order valence-corrected chi connectivity index (χ2v) is 9.02. The van der Waals surface area contributed by atoms with Gasteiger partial charge in [0.15, 0.2) is 0 Å². The zero-order valence-corrected chi connectivity index (χ0v) is 18.9. The minimum atomic E-state index is -1.14. The third-order valence-corrected chi connectivity index (χ3v) is 5.75. The van der Waals surface area contributed by atoms with E-state index in [1.807, 2.05) is 36.4 Å². The second-order valence-electron chi connectivity index (χ2n) is 9.02. The smallest absolute Gasteiger partial charge is 0.408 e. The second kappa shape index (κ2) is 8.54. The van der Waals surface area contributed by atoms with Gasteiger partial charge in [0.2, 0.25) is 5.95 Å². The highest BCUT2D eigenvalue weighted by Crippen LogP contribution is 2.37. The first-order chi connectivity index (χ1) is 15.7. The molecule has 0 fully saturated rings. The lowest BCUT2D eigenvalue weighted by Crippen LogP contribution is -2.52. The van der Waals surface area contributed by atoms with E-state index in [1.165, 1.54) is 4.90 Å². The summed E-state index contributed by atoms with van der Waals surface area (Å²) >= 11 is 0. The van der Waals surface area contributed by atoms with Gasteiger partial charge in [-0.05, 0) is 56.5 Å². The summed E-state index contributed by atoms with van der Waals surface area (Å²) < 4.78 is 0. The van der Waals surface area contributed by atoms with E-state index in [4.69, 9.17) is 5.73 Å². The first-order valence-corrected chi connectivity index (χ1v) is 10.8. The van der Waals surface area contributed by atoms with Gasteiger partial charge in [-0.25, -0.2) is 14.8 Å². The number of amides is 2. The molecule has 1 atom stereocenters. The van der Waals surface area contributed by atoms with Gasteiger partial charge >= 0.3 is 6.09 Å². The maximum Gasteiger partial charge on any atom is 0.408 e. The molecule has 1 aromatic heterocycles. The standard InChI is InChI=1S/C25H27N5O3/c1-25(2,3)30(24(32)33)21(16-7-5-4-6-8-16)22(31)29-14-12-18-15-17(9-10-20(18)29)19-11-13-27-23(26)28-19/h4-11,13,15,21H,12,14H2,1-3H3,(H,32,33)(H2,26,27,28)/t21-/m0/s1. The Morgan fingerprint density at radius 3 is 2.48 bits per heavy atom. The molecular formula is C25H27N5O3. The number of rotatable bonds is 4. The number of hydrogen-bond acceptors (Lipinski definition) is 5. The molecule has 0 aliphatic carbocycles. The van der Waals surface area contributed by atoms with Crippen LogP contribution in [0.25, 0.3) is 11.3 Å². The SMILES string of the molecule is CC(C)(C)N(C(=O)O)[C@H](C(=O)N1CCc2cc(-c3ccnc(N)n3)ccc21)c1ccccc1. The van der Waals surface area contributed by atoms with Crippen molar-refractivity contribution >= 4 is 23.6 Å². The third kappa shape index (κ3) is 4.37. The van der Waals surface area contributed by atoms with Gasteiger partial charge in [0.1, 0.15) is 6.04 Å². The lowest BCUT2D eigenvalue weighted by molar-refractivity contribution is -0.125. The fourth-order valence-electron chi connectivity index (χ4n) is 4.29. The average molecular weight is 446 g/mol. The number of nitrogens with two attached hydrogens (primary N) is 1. The van der Waals surface area contributed by atoms with Gasteiger partial charge < -0.3 is 15.7 Å². The Kier molecular flexibility index (Phi) is 5.76. The van der Waals surface area contributed by atoms with Gasteiger partial charge in [0.05, 0.1) is 5.69 Å². The first kappa shape index (κ1) is 22.3. The highest BCUT2D eigenvalue weighted by atomic mass is 16.4. The van der Waals surface area contributed by atoms with E-state index in [-0.39, 0.29) is 11.9 Å². The highest BCUT2D eigenvalue weighted by Gasteiger charge is 2.41. The zero-order chi connectivity index (χ0) is 23.8. The van der Waals surface area contributed by atoms with Crippen molar-refractivity contribution in [3.8, 4) is 11.3 Å². The fraction of sp³-hybridized carbons (Fsp3) is 0.280. The summed E-state index contributed by atoms with van der Waals surface area (Å²) in [4.78, 5) is 37.3. The Bertz CT molecular complexity index is 1190. The predicted molar refractivity (Wildman–Crippen MR) is 127 cm³/mol. The Hall–Kier alpha value is -3.94. The lowest BCUT2D eigenvalue weighted by Gasteiger charge is -2.40. The van der Waals surface area contributed by atoms with Crippen molar-refractivity contribution in [2.45, 2.75) is 38.8 Å². The molecule has 0 spiro atoms. The number of carbonyl (C=O) groups is 2. The van der Waals surface area contributed by atoms with Gasteiger partial charge in [0.25, 0.3) is 5.91 Å². The largest absolute Gasteiger partial charge is 0.465 e. The van der Waals surface area contributed by atoms with Crippen LogP contribution < -0.4 is 10.6 Å². The van der Waals surface area contributed by atoms with Crippen LogP contribution in [0.5, 0.6) is 0 Å². The number of anilines is 2. The molecule has 0 saturated heterocycles. The summed E-state index contributed by atoms with van der Waals surface area (Å²) in [6.45, 7) is 5.86. The first-order valence-electron chi connectivity index (χ1n) is 10.8. The summed E-state index contributed by atoms with van der Waals surface area (Å²) in [6, 6.07) is 15.7. The van der Waals surface area contributed by atoms with E-state index in [0.717, 1.165) is 16.8 Å². The van der Waals surface area contributed by atoms with Crippen LogP contribution in [-0.2, 0) is 11.2 Å². The molecule has 8 heteroatoms. The van der Waals surface area contributed by atoms with Crippen molar-refractivity contribution < 1.29 is 14.7 Å². The topological polar surface area (TPSA) is 113 Å². The molecule has 8 nitrogen and oxygen atoms in total. The van der Waals surface area contributed by atoms with E-state index in [2.05, 4.69) is 9.97 Å². The Labute approximate surface area is 192 Å². The normalized spacial score (nSPS) is 14.0. The zero-order valence-electron chi connectivity index (χ0n) is 18.9. The highest BCUT2D eigenvalue weighted by molar-refractivity contribution is 6.01. The fourth-order valence-corrected chi connectivity index (χ4v) is 4.29. The van der Waals surface area contributed by atoms with Crippen LogP contribution >= 0.6 is 0 Å². The molecule has 2 heterocycles. The van der Waals surface area contributed by atoms with E-state index in [9.17, 15) is 14.7 Å². The maximum absolute atomic E-state index is 13.9. The summed E-state index contributed by atoms with van der Waals surface area (Å²) in [5.74, 6) is -0.0669. The van der Waals surface area contributed by atoms with Crippen molar-refractivity contribution in [3.05, 3.63) is 71.9 Å². The number of nitrogens with zero attached hydrogens (tertiary/aromatic N) is 4. The number of aromatic nitrogens is 2. The molecular weight excluding hydrogens is 418 g/mol. The Morgan fingerprint density at radius 1 is 1.12 bits per heavy atom. The molecule has 1 aliphatic rings. The molecule has 3 N–H and O–H groups in total. The Balaban J connectivity index is 1.72. The van der Waals surface area contributed by atoms with Crippen LogP contribution in [0.1, 0.15) is 37.9 Å². The number of benzene rings is 2. The van der Waals surface area contributed by atoms with Crippen LogP contribution in [-0.4, -0.2) is 44.1 Å². The summed E-state index contributed by atoms with van der Waals surface area (Å²) in [7, 11) is 0. The van der Waals surface area contributed by atoms with Crippen LogP contribution in [0.2, 0.25) is 0 Å². The van der Waals surface area contributed by atoms with E-state index >= 15 is 0 Å². The lowest BCUT2D eigenvalue weighted by atomic mass is 9.97. The van der Waals surface area contributed by atoms with Gasteiger partial charge in [-0.3, -0.25) is 9.69 Å². The van der Waals surface area contributed by atoms with Crippen LogP contribution in [0.4, 0.5) is 16.4 Å². The molecule has 0 radical (unpaired) electrons.